The average Bonchev–Trinajstić information content (AvgIpc) is 3.48. The summed E-state index contributed by atoms with van der Waals surface area (Å²) < 4.78 is 7.36. The highest BCUT2D eigenvalue weighted by Gasteiger charge is 2.23. The maximum atomic E-state index is 13.2. The van der Waals surface area contributed by atoms with Crippen LogP contribution in [0, 0.1) is 0 Å². The number of carbonyl (C=O) groups is 2. The normalized spacial score (nSPS) is 12.1. The highest BCUT2D eigenvalue weighted by atomic mass is 16.5. The number of benzene rings is 3. The molecule has 0 spiro atoms. The smallest absolute Gasteiger partial charge is 0.408 e. The van der Waals surface area contributed by atoms with Gasteiger partial charge in [-0.05, 0) is 23.3 Å². The summed E-state index contributed by atoms with van der Waals surface area (Å²) in [6, 6.07) is 24.2. The molecule has 5 rings (SSSR count). The molecule has 0 saturated carbocycles. The Morgan fingerprint density at radius 2 is 1.73 bits per heavy atom. The first-order valence-corrected chi connectivity index (χ1v) is 12.0. The maximum Gasteiger partial charge on any atom is 0.408 e. The molecule has 5 aromatic rings. The number of aromatic nitrogens is 2. The zero-order chi connectivity index (χ0) is 25.6. The van der Waals surface area contributed by atoms with Gasteiger partial charge < -0.3 is 19.6 Å². The van der Waals surface area contributed by atoms with Crippen molar-refractivity contribution in [2.75, 3.05) is 0 Å². The first-order valence-electron chi connectivity index (χ1n) is 12.0. The fourth-order valence-corrected chi connectivity index (χ4v) is 4.36. The molecule has 3 aromatic carbocycles. The van der Waals surface area contributed by atoms with Gasteiger partial charge in [-0.25, -0.2) is 10.2 Å². The highest BCUT2D eigenvalue weighted by Crippen LogP contribution is 2.20. The Bertz CT molecular complexity index is 1570. The van der Waals surface area contributed by atoms with Crippen LogP contribution in [0.15, 0.2) is 96.4 Å². The van der Waals surface area contributed by atoms with E-state index in [1.165, 1.54) is 0 Å². The number of para-hydroxylation sites is 2. The number of carbonyl (C=O) groups excluding carboxylic acids is 2. The van der Waals surface area contributed by atoms with Crippen molar-refractivity contribution in [3.8, 4) is 0 Å². The molecule has 0 fully saturated rings. The third-order valence-electron chi connectivity index (χ3n) is 6.23. The number of nitrogens with zero attached hydrogens (tertiary/aromatic N) is 2. The molecule has 8 heteroatoms. The average molecular weight is 494 g/mol. The Morgan fingerprint density at radius 3 is 2.57 bits per heavy atom. The summed E-state index contributed by atoms with van der Waals surface area (Å²) in [4.78, 5) is 29.0. The van der Waals surface area contributed by atoms with E-state index in [4.69, 9.17) is 4.74 Å². The Labute approximate surface area is 213 Å². The van der Waals surface area contributed by atoms with Crippen LogP contribution in [0.2, 0.25) is 0 Å². The van der Waals surface area contributed by atoms with Crippen molar-refractivity contribution in [3.63, 3.8) is 0 Å². The quantitative estimate of drug-likeness (QED) is 0.217. The summed E-state index contributed by atoms with van der Waals surface area (Å²) in [7, 11) is 1.96. The molecule has 1 atom stereocenters. The van der Waals surface area contributed by atoms with Gasteiger partial charge in [0.2, 0.25) is 0 Å². The van der Waals surface area contributed by atoms with Gasteiger partial charge in [-0.15, -0.1) is 0 Å². The van der Waals surface area contributed by atoms with Crippen LogP contribution in [0.3, 0.4) is 0 Å². The summed E-state index contributed by atoms with van der Waals surface area (Å²) in [6.45, 7) is 0.104. The van der Waals surface area contributed by atoms with Crippen molar-refractivity contribution < 1.29 is 14.3 Å². The van der Waals surface area contributed by atoms with Gasteiger partial charge in [0.1, 0.15) is 12.6 Å². The number of hydrazone groups is 1. The third-order valence-corrected chi connectivity index (χ3v) is 6.23. The molecule has 0 radical (unpaired) electrons. The van der Waals surface area contributed by atoms with Gasteiger partial charge in [-0.1, -0.05) is 66.7 Å². The van der Waals surface area contributed by atoms with E-state index in [2.05, 4.69) is 20.8 Å². The van der Waals surface area contributed by atoms with Crippen LogP contribution in [-0.4, -0.2) is 33.8 Å². The van der Waals surface area contributed by atoms with E-state index in [9.17, 15) is 9.59 Å². The number of aromatic amines is 1. The van der Waals surface area contributed by atoms with Crippen LogP contribution < -0.4 is 10.7 Å². The van der Waals surface area contributed by atoms with E-state index >= 15 is 0 Å². The topological polar surface area (TPSA) is 101 Å². The molecule has 2 amide bonds. The molecule has 186 valence electrons. The first-order chi connectivity index (χ1) is 18.1. The summed E-state index contributed by atoms with van der Waals surface area (Å²) in [5.74, 6) is -0.446. The van der Waals surface area contributed by atoms with Crippen LogP contribution in [0.4, 0.5) is 4.79 Å². The molecule has 0 aliphatic rings. The molecular weight excluding hydrogens is 466 g/mol. The molecule has 0 aliphatic heterocycles. The monoisotopic (exact) mass is 493 g/mol. The Hall–Kier alpha value is -4.85. The van der Waals surface area contributed by atoms with Crippen LogP contribution in [-0.2, 0) is 29.6 Å². The SMILES string of the molecule is Cn1cc(/C=N\NC(=O)[C@H](Cc2c[nH]c3ccccc23)NC(=O)OCc2ccccc2)c2ccccc21. The van der Waals surface area contributed by atoms with Gasteiger partial charge in [-0.2, -0.15) is 5.10 Å². The van der Waals surface area contributed by atoms with Gasteiger partial charge in [0.05, 0.1) is 6.21 Å². The fraction of sp³-hybridized carbons (Fsp3) is 0.138. The van der Waals surface area contributed by atoms with E-state index < -0.39 is 18.0 Å². The predicted octanol–water partition coefficient (Wildman–Crippen LogP) is 4.65. The largest absolute Gasteiger partial charge is 0.445 e. The molecule has 2 heterocycles. The van der Waals surface area contributed by atoms with Gasteiger partial charge in [0.15, 0.2) is 0 Å². The standard InChI is InChI=1S/C29H27N5O3/c1-34-18-22(24-12-6-8-14-27(24)34)17-31-33-28(35)26(15-21-16-30-25-13-7-5-11-23(21)25)32-29(36)37-19-20-9-3-2-4-10-20/h2-14,16-18,26,30H,15,19H2,1H3,(H,32,36)(H,33,35)/b31-17-/t26-/m0/s1. The number of H-pyrrole nitrogens is 1. The summed E-state index contributed by atoms with van der Waals surface area (Å²) in [5, 5.41) is 8.90. The number of alkyl carbamates (subject to hydrolysis) is 1. The summed E-state index contributed by atoms with van der Waals surface area (Å²) >= 11 is 0. The number of ether oxygens (including phenoxy) is 1. The minimum absolute atomic E-state index is 0.104. The second-order valence-electron chi connectivity index (χ2n) is 8.77. The molecular formula is C29H27N5O3. The number of aryl methyl sites for hydroxylation is 1. The molecule has 3 N–H and O–H groups in total. The highest BCUT2D eigenvalue weighted by molar-refractivity contribution is 6.00. The van der Waals surface area contributed by atoms with Crippen LogP contribution in [0.25, 0.3) is 21.8 Å². The van der Waals surface area contributed by atoms with Crippen molar-refractivity contribution in [1.29, 1.82) is 0 Å². The van der Waals surface area contributed by atoms with E-state index in [0.717, 1.165) is 38.5 Å². The predicted molar refractivity (Wildman–Crippen MR) is 144 cm³/mol. The maximum absolute atomic E-state index is 13.2. The van der Waals surface area contributed by atoms with Gasteiger partial charge in [0, 0.05) is 53.2 Å². The second kappa shape index (κ2) is 10.8. The first kappa shape index (κ1) is 23.9. The number of rotatable bonds is 8. The molecule has 2 aromatic heterocycles. The van der Waals surface area contributed by atoms with E-state index in [1.54, 1.807) is 6.21 Å². The van der Waals surface area contributed by atoms with Crippen molar-refractivity contribution in [2.45, 2.75) is 19.1 Å². The van der Waals surface area contributed by atoms with Crippen molar-refractivity contribution in [3.05, 3.63) is 108 Å². The molecule has 37 heavy (non-hydrogen) atoms. The Balaban J connectivity index is 1.31. The molecule has 0 saturated heterocycles. The lowest BCUT2D eigenvalue weighted by Crippen LogP contribution is -2.47. The molecule has 0 aliphatic carbocycles. The van der Waals surface area contributed by atoms with E-state index in [1.807, 2.05) is 103 Å². The van der Waals surface area contributed by atoms with Crippen molar-refractivity contribution in [1.82, 2.24) is 20.3 Å². The van der Waals surface area contributed by atoms with Crippen LogP contribution >= 0.6 is 0 Å². The molecule has 0 bridgehead atoms. The van der Waals surface area contributed by atoms with Gasteiger partial charge >= 0.3 is 6.09 Å². The third kappa shape index (κ3) is 5.54. The second-order valence-corrected chi connectivity index (χ2v) is 8.77. The number of nitrogens with one attached hydrogen (secondary N) is 3. The fourth-order valence-electron chi connectivity index (χ4n) is 4.36. The summed E-state index contributed by atoms with van der Waals surface area (Å²) in [5.41, 5.74) is 7.24. The minimum atomic E-state index is -0.896. The zero-order valence-electron chi connectivity index (χ0n) is 20.3. The van der Waals surface area contributed by atoms with E-state index in [0.29, 0.717) is 0 Å². The Morgan fingerprint density at radius 1 is 1.00 bits per heavy atom. The lowest BCUT2D eigenvalue weighted by atomic mass is 10.0. The number of hydrogen-bond acceptors (Lipinski definition) is 4. The summed E-state index contributed by atoms with van der Waals surface area (Å²) in [6.07, 6.45) is 4.99. The lowest BCUT2D eigenvalue weighted by Gasteiger charge is -2.17. The van der Waals surface area contributed by atoms with E-state index in [-0.39, 0.29) is 13.0 Å². The lowest BCUT2D eigenvalue weighted by molar-refractivity contribution is -0.123. The zero-order valence-corrected chi connectivity index (χ0v) is 20.3. The van der Waals surface area contributed by atoms with Crippen LogP contribution in [0.5, 0.6) is 0 Å². The van der Waals surface area contributed by atoms with Crippen molar-refractivity contribution in [2.24, 2.45) is 12.1 Å². The van der Waals surface area contributed by atoms with Crippen molar-refractivity contribution >= 4 is 40.0 Å². The molecule has 0 unspecified atom stereocenters. The Kier molecular flexibility index (Phi) is 6.98. The number of hydrogen-bond donors (Lipinski definition) is 3. The van der Waals surface area contributed by atoms with Crippen LogP contribution in [0.1, 0.15) is 16.7 Å². The number of amides is 2. The van der Waals surface area contributed by atoms with Gasteiger partial charge in [0.25, 0.3) is 5.91 Å². The van der Waals surface area contributed by atoms with Gasteiger partial charge in [-0.3, -0.25) is 4.79 Å². The molecule has 8 nitrogen and oxygen atoms in total. The minimum Gasteiger partial charge on any atom is -0.445 e. The number of fused-ring (bicyclic) bond motifs is 2.